The van der Waals surface area contributed by atoms with Gasteiger partial charge in [0.25, 0.3) is 0 Å². The van der Waals surface area contributed by atoms with Crippen LogP contribution in [0.2, 0.25) is 5.02 Å². The van der Waals surface area contributed by atoms with Crippen molar-refractivity contribution in [2.45, 2.75) is 13.8 Å². The summed E-state index contributed by atoms with van der Waals surface area (Å²) in [5.74, 6) is 0.553. The molecule has 0 aliphatic heterocycles. The van der Waals surface area contributed by atoms with Gasteiger partial charge in [-0.3, -0.25) is 4.99 Å². The first kappa shape index (κ1) is 14.4. The van der Waals surface area contributed by atoms with E-state index in [-0.39, 0.29) is 5.75 Å². The van der Waals surface area contributed by atoms with E-state index in [0.29, 0.717) is 22.9 Å². The van der Waals surface area contributed by atoms with Gasteiger partial charge in [-0.05, 0) is 43.7 Å². The molecule has 0 amide bonds. The molecule has 0 heterocycles. The number of aryl methyl sites for hydroxylation is 1. The first-order valence-electron chi connectivity index (χ1n) is 6.37. The normalized spacial score (nSPS) is 10.9. The third-order valence-electron chi connectivity index (χ3n) is 2.84. The van der Waals surface area contributed by atoms with Crippen LogP contribution in [0.5, 0.6) is 11.5 Å². The van der Waals surface area contributed by atoms with Crippen molar-refractivity contribution in [1.82, 2.24) is 0 Å². The van der Waals surface area contributed by atoms with Crippen LogP contribution < -0.4 is 4.74 Å². The lowest BCUT2D eigenvalue weighted by Gasteiger charge is -2.07. The Morgan fingerprint density at radius 3 is 2.85 bits per heavy atom. The fourth-order valence-electron chi connectivity index (χ4n) is 1.78. The number of rotatable bonds is 4. The number of phenolic OH excluding ortho intramolecular Hbond substituents is 1. The minimum absolute atomic E-state index is 0.0952. The zero-order valence-electron chi connectivity index (χ0n) is 11.4. The fourth-order valence-corrected chi connectivity index (χ4v) is 1.94. The lowest BCUT2D eigenvalue weighted by molar-refractivity contribution is 0.318. The van der Waals surface area contributed by atoms with Crippen LogP contribution in [-0.2, 0) is 0 Å². The number of aromatic hydroxyl groups is 1. The number of hydrogen-bond acceptors (Lipinski definition) is 3. The van der Waals surface area contributed by atoms with Crippen LogP contribution in [0, 0.1) is 6.92 Å². The molecule has 1 N–H and O–H groups in total. The third kappa shape index (κ3) is 3.31. The monoisotopic (exact) mass is 289 g/mol. The molecule has 0 aliphatic carbocycles. The first-order valence-corrected chi connectivity index (χ1v) is 6.74. The Kier molecular flexibility index (Phi) is 4.64. The number of benzene rings is 2. The largest absolute Gasteiger partial charge is 0.504 e. The zero-order chi connectivity index (χ0) is 14.5. The summed E-state index contributed by atoms with van der Waals surface area (Å²) in [4.78, 5) is 4.37. The average Bonchev–Trinajstić information content (AvgIpc) is 2.43. The van der Waals surface area contributed by atoms with E-state index in [1.54, 1.807) is 24.4 Å². The summed E-state index contributed by atoms with van der Waals surface area (Å²) in [5, 5.41) is 10.7. The second kappa shape index (κ2) is 6.44. The van der Waals surface area contributed by atoms with Gasteiger partial charge in [-0.1, -0.05) is 23.7 Å². The minimum atomic E-state index is 0.0952. The summed E-state index contributed by atoms with van der Waals surface area (Å²) in [6, 6.07) is 10.8. The van der Waals surface area contributed by atoms with Crippen molar-refractivity contribution < 1.29 is 9.84 Å². The predicted molar refractivity (Wildman–Crippen MR) is 82.7 cm³/mol. The SMILES string of the molecule is CCOc1cccc(C=Nc2cc(Cl)ccc2C)c1O. The van der Waals surface area contributed by atoms with Crippen LogP contribution in [0.4, 0.5) is 5.69 Å². The lowest BCUT2D eigenvalue weighted by Crippen LogP contribution is -1.93. The maximum absolute atomic E-state index is 10.1. The van der Waals surface area contributed by atoms with E-state index in [0.717, 1.165) is 11.3 Å². The van der Waals surface area contributed by atoms with Gasteiger partial charge in [0, 0.05) is 16.8 Å². The Hall–Kier alpha value is -2.00. The average molecular weight is 290 g/mol. The molecule has 0 saturated carbocycles. The number of nitrogens with zero attached hydrogens (tertiary/aromatic N) is 1. The van der Waals surface area contributed by atoms with Gasteiger partial charge in [-0.15, -0.1) is 0 Å². The molecule has 104 valence electrons. The van der Waals surface area contributed by atoms with Crippen molar-refractivity contribution in [3.63, 3.8) is 0 Å². The number of hydrogen-bond donors (Lipinski definition) is 1. The van der Waals surface area contributed by atoms with Crippen LogP contribution in [0.25, 0.3) is 0 Å². The van der Waals surface area contributed by atoms with Crippen LogP contribution in [0.15, 0.2) is 41.4 Å². The number of phenols is 1. The molecule has 0 bridgehead atoms. The highest BCUT2D eigenvalue weighted by molar-refractivity contribution is 6.30. The molecule has 20 heavy (non-hydrogen) atoms. The van der Waals surface area contributed by atoms with Crippen LogP contribution >= 0.6 is 11.6 Å². The second-order valence-corrected chi connectivity index (χ2v) is 4.75. The molecule has 0 saturated heterocycles. The van der Waals surface area contributed by atoms with Crippen LogP contribution in [-0.4, -0.2) is 17.9 Å². The topological polar surface area (TPSA) is 41.8 Å². The van der Waals surface area contributed by atoms with Gasteiger partial charge < -0.3 is 9.84 Å². The number of para-hydroxylation sites is 1. The number of ether oxygens (including phenoxy) is 1. The smallest absolute Gasteiger partial charge is 0.166 e. The molecular weight excluding hydrogens is 274 g/mol. The zero-order valence-corrected chi connectivity index (χ0v) is 12.2. The van der Waals surface area contributed by atoms with E-state index in [4.69, 9.17) is 16.3 Å². The van der Waals surface area contributed by atoms with E-state index in [2.05, 4.69) is 4.99 Å². The van der Waals surface area contributed by atoms with Crippen LogP contribution in [0.1, 0.15) is 18.1 Å². The molecule has 4 heteroatoms. The van der Waals surface area contributed by atoms with E-state index in [1.165, 1.54) is 0 Å². The van der Waals surface area contributed by atoms with Crippen molar-refractivity contribution >= 4 is 23.5 Å². The summed E-state index contributed by atoms with van der Waals surface area (Å²) in [7, 11) is 0. The Morgan fingerprint density at radius 1 is 1.30 bits per heavy atom. The van der Waals surface area contributed by atoms with E-state index >= 15 is 0 Å². The van der Waals surface area contributed by atoms with Gasteiger partial charge in [-0.25, -0.2) is 0 Å². The molecule has 0 unspecified atom stereocenters. The van der Waals surface area contributed by atoms with Gasteiger partial charge in [0.2, 0.25) is 0 Å². The van der Waals surface area contributed by atoms with Crippen LogP contribution in [0.3, 0.4) is 0 Å². The molecule has 0 aromatic heterocycles. The maximum atomic E-state index is 10.1. The maximum Gasteiger partial charge on any atom is 0.166 e. The highest BCUT2D eigenvalue weighted by Gasteiger charge is 2.06. The van der Waals surface area contributed by atoms with E-state index in [1.807, 2.05) is 32.0 Å². The van der Waals surface area contributed by atoms with Crippen molar-refractivity contribution in [3.8, 4) is 11.5 Å². The van der Waals surface area contributed by atoms with Gasteiger partial charge in [0.05, 0.1) is 12.3 Å². The molecule has 0 spiro atoms. The molecule has 0 atom stereocenters. The third-order valence-corrected chi connectivity index (χ3v) is 3.08. The van der Waals surface area contributed by atoms with Gasteiger partial charge in [0.1, 0.15) is 0 Å². The fraction of sp³-hybridized carbons (Fsp3) is 0.188. The minimum Gasteiger partial charge on any atom is -0.504 e. The summed E-state index contributed by atoms with van der Waals surface area (Å²) in [6.45, 7) is 4.33. The summed E-state index contributed by atoms with van der Waals surface area (Å²) >= 11 is 5.95. The lowest BCUT2D eigenvalue weighted by atomic mass is 10.2. The van der Waals surface area contributed by atoms with Gasteiger partial charge in [0.15, 0.2) is 11.5 Å². The quantitative estimate of drug-likeness (QED) is 0.842. The molecule has 0 aliphatic rings. The molecule has 0 fully saturated rings. The Morgan fingerprint density at radius 2 is 2.10 bits per heavy atom. The molecule has 0 radical (unpaired) electrons. The number of halogens is 1. The highest BCUT2D eigenvalue weighted by atomic mass is 35.5. The first-order chi connectivity index (χ1) is 9.61. The summed E-state index contributed by atoms with van der Waals surface area (Å²) < 4.78 is 5.34. The van der Waals surface area contributed by atoms with Crippen molar-refractivity contribution in [2.24, 2.45) is 4.99 Å². The summed E-state index contributed by atoms with van der Waals surface area (Å²) in [6.07, 6.45) is 1.61. The van der Waals surface area contributed by atoms with Crippen molar-refractivity contribution in [2.75, 3.05) is 6.61 Å². The van der Waals surface area contributed by atoms with Crippen molar-refractivity contribution in [3.05, 3.63) is 52.5 Å². The van der Waals surface area contributed by atoms with Gasteiger partial charge in [-0.2, -0.15) is 0 Å². The van der Waals surface area contributed by atoms with E-state index < -0.39 is 0 Å². The van der Waals surface area contributed by atoms with E-state index in [9.17, 15) is 5.11 Å². The molecule has 2 rings (SSSR count). The Balaban J connectivity index is 2.32. The standard InChI is InChI=1S/C16H16ClNO2/c1-3-20-15-6-4-5-12(16(15)19)10-18-14-9-13(17)8-7-11(14)2/h4-10,19H,3H2,1-2H3. The second-order valence-electron chi connectivity index (χ2n) is 4.32. The summed E-state index contributed by atoms with van der Waals surface area (Å²) in [5.41, 5.74) is 2.40. The van der Waals surface area contributed by atoms with Crippen molar-refractivity contribution in [1.29, 1.82) is 0 Å². The molecule has 2 aromatic carbocycles. The predicted octanol–water partition coefficient (Wildman–Crippen LogP) is 4.50. The highest BCUT2D eigenvalue weighted by Crippen LogP contribution is 2.29. The Labute approximate surface area is 123 Å². The molecule has 3 nitrogen and oxygen atoms in total. The van der Waals surface area contributed by atoms with Gasteiger partial charge >= 0.3 is 0 Å². The number of aliphatic imine (C=N–C) groups is 1. The Bertz CT molecular complexity index is 638. The molecule has 2 aromatic rings. The molecular formula is C16H16ClNO2.